The molecule has 0 saturated heterocycles. The predicted molar refractivity (Wildman–Crippen MR) is 94.0 cm³/mol. The summed E-state index contributed by atoms with van der Waals surface area (Å²) >= 11 is 1.53. The zero-order chi connectivity index (χ0) is 16.9. The third kappa shape index (κ3) is 3.98. The smallest absolute Gasteiger partial charge is 0.482 e. The average molecular weight is 345 g/mol. The molecular formula is C17H20BNO4S. The largest absolute Gasteiger partial charge is 0.492 e. The van der Waals surface area contributed by atoms with Crippen molar-refractivity contribution >= 4 is 24.4 Å². The molecule has 2 aromatic rings. The SMILES string of the molecule is CCC1OB(O)[C@@H](NC(=O)Cc2cccs2)COc2ccccc21. The number of rotatable bonds is 4. The fourth-order valence-electron chi connectivity index (χ4n) is 2.73. The van der Waals surface area contributed by atoms with Crippen molar-refractivity contribution in [1.29, 1.82) is 0 Å². The summed E-state index contributed by atoms with van der Waals surface area (Å²) in [4.78, 5) is 13.2. The molecule has 2 N–H and O–H groups in total. The number of thiophene rings is 1. The summed E-state index contributed by atoms with van der Waals surface area (Å²) in [6, 6.07) is 11.5. The van der Waals surface area contributed by atoms with Crippen LogP contribution in [0.5, 0.6) is 5.75 Å². The zero-order valence-corrected chi connectivity index (χ0v) is 14.3. The summed E-state index contributed by atoms with van der Waals surface area (Å²) in [5.74, 6) is -0.0377. The Morgan fingerprint density at radius 2 is 2.21 bits per heavy atom. The van der Waals surface area contributed by atoms with E-state index in [0.717, 1.165) is 16.2 Å². The molecular weight excluding hydrogens is 325 g/mol. The van der Waals surface area contributed by atoms with E-state index in [0.29, 0.717) is 6.42 Å². The Morgan fingerprint density at radius 3 is 2.96 bits per heavy atom. The van der Waals surface area contributed by atoms with Gasteiger partial charge in [-0.1, -0.05) is 31.2 Å². The Morgan fingerprint density at radius 1 is 1.38 bits per heavy atom. The first-order valence-corrected chi connectivity index (χ1v) is 8.92. The van der Waals surface area contributed by atoms with Crippen LogP contribution in [0, 0.1) is 0 Å². The monoisotopic (exact) mass is 345 g/mol. The fourth-order valence-corrected chi connectivity index (χ4v) is 3.44. The molecule has 2 heterocycles. The van der Waals surface area contributed by atoms with E-state index in [1.165, 1.54) is 11.3 Å². The Hall–Kier alpha value is -1.83. The first-order valence-electron chi connectivity index (χ1n) is 8.04. The lowest BCUT2D eigenvalue weighted by Gasteiger charge is -2.29. The number of para-hydroxylation sites is 1. The predicted octanol–water partition coefficient (Wildman–Crippen LogP) is 2.36. The van der Waals surface area contributed by atoms with Gasteiger partial charge in [-0.3, -0.25) is 4.79 Å². The molecule has 0 spiro atoms. The molecule has 0 aliphatic carbocycles. The topological polar surface area (TPSA) is 67.8 Å². The van der Waals surface area contributed by atoms with Crippen molar-refractivity contribution in [2.45, 2.75) is 31.8 Å². The van der Waals surface area contributed by atoms with Gasteiger partial charge in [0.1, 0.15) is 12.4 Å². The van der Waals surface area contributed by atoms with Crippen LogP contribution in [0.25, 0.3) is 0 Å². The summed E-state index contributed by atoms with van der Waals surface area (Å²) in [6.45, 7) is 2.14. The average Bonchev–Trinajstić information content (AvgIpc) is 3.08. The normalized spacial score (nSPS) is 20.5. The van der Waals surface area contributed by atoms with Crippen molar-refractivity contribution in [2.24, 2.45) is 0 Å². The lowest BCUT2D eigenvalue weighted by Crippen LogP contribution is -2.52. The number of carbonyl (C=O) groups is 1. The number of hydrogen-bond donors (Lipinski definition) is 2. The third-order valence-electron chi connectivity index (χ3n) is 3.96. The van der Waals surface area contributed by atoms with E-state index in [9.17, 15) is 9.82 Å². The lowest BCUT2D eigenvalue weighted by atomic mass is 9.77. The van der Waals surface area contributed by atoms with Crippen LogP contribution in [-0.4, -0.2) is 30.6 Å². The van der Waals surface area contributed by atoms with Gasteiger partial charge in [-0.25, -0.2) is 0 Å². The van der Waals surface area contributed by atoms with E-state index in [4.69, 9.17) is 9.39 Å². The molecule has 0 radical (unpaired) electrons. The highest BCUT2D eigenvalue weighted by molar-refractivity contribution is 7.10. The van der Waals surface area contributed by atoms with E-state index in [1.54, 1.807) is 0 Å². The van der Waals surface area contributed by atoms with Crippen LogP contribution in [0.15, 0.2) is 41.8 Å². The number of benzene rings is 1. The van der Waals surface area contributed by atoms with E-state index < -0.39 is 13.1 Å². The Bertz CT molecular complexity index is 679. The maximum absolute atomic E-state index is 12.2. The minimum absolute atomic E-state index is 0.157. The van der Waals surface area contributed by atoms with Crippen molar-refractivity contribution in [2.75, 3.05) is 6.61 Å². The Kier molecular flexibility index (Phi) is 5.55. The highest BCUT2D eigenvalue weighted by Crippen LogP contribution is 2.32. The molecule has 2 atom stereocenters. The van der Waals surface area contributed by atoms with Crippen LogP contribution in [0.4, 0.5) is 0 Å². The second kappa shape index (κ2) is 7.83. The molecule has 1 amide bonds. The highest BCUT2D eigenvalue weighted by atomic mass is 32.1. The van der Waals surface area contributed by atoms with Gasteiger partial charge in [-0.05, 0) is 23.9 Å². The number of hydrogen-bond acceptors (Lipinski definition) is 5. The quantitative estimate of drug-likeness (QED) is 0.835. The lowest BCUT2D eigenvalue weighted by molar-refractivity contribution is -0.121. The Balaban J connectivity index is 1.70. The summed E-state index contributed by atoms with van der Waals surface area (Å²) in [7, 11) is -1.12. The molecule has 0 saturated carbocycles. The van der Waals surface area contributed by atoms with Crippen LogP contribution < -0.4 is 10.1 Å². The van der Waals surface area contributed by atoms with Gasteiger partial charge >= 0.3 is 7.12 Å². The van der Waals surface area contributed by atoms with Crippen molar-refractivity contribution in [3.8, 4) is 5.75 Å². The minimum Gasteiger partial charge on any atom is -0.492 e. The second-order valence-corrected chi connectivity index (χ2v) is 6.73. The number of ether oxygens (including phenoxy) is 1. The summed E-state index contributed by atoms with van der Waals surface area (Å²) in [5, 5.41) is 15.1. The van der Waals surface area contributed by atoms with Crippen LogP contribution >= 0.6 is 11.3 Å². The van der Waals surface area contributed by atoms with Crippen molar-refractivity contribution in [3.05, 3.63) is 52.2 Å². The fraction of sp³-hybridized carbons (Fsp3) is 0.353. The van der Waals surface area contributed by atoms with E-state index in [2.05, 4.69) is 5.32 Å². The Labute approximate surface area is 145 Å². The summed E-state index contributed by atoms with van der Waals surface area (Å²) in [5.41, 5.74) is 0.919. The van der Waals surface area contributed by atoms with Gasteiger partial charge in [0.25, 0.3) is 0 Å². The molecule has 0 bridgehead atoms. The molecule has 0 fully saturated rings. The van der Waals surface area contributed by atoms with Gasteiger partial charge in [0.15, 0.2) is 0 Å². The molecule has 24 heavy (non-hydrogen) atoms. The molecule has 1 aromatic heterocycles. The van der Waals surface area contributed by atoms with Gasteiger partial charge in [0.2, 0.25) is 5.91 Å². The molecule has 1 aliphatic heterocycles. The molecule has 126 valence electrons. The highest BCUT2D eigenvalue weighted by Gasteiger charge is 2.34. The van der Waals surface area contributed by atoms with Gasteiger partial charge in [-0.2, -0.15) is 0 Å². The van der Waals surface area contributed by atoms with E-state index in [-0.39, 0.29) is 25.0 Å². The number of amides is 1. The molecule has 1 aliphatic rings. The summed E-state index contributed by atoms with van der Waals surface area (Å²) < 4.78 is 11.6. The first kappa shape index (κ1) is 17.0. The number of fused-ring (bicyclic) bond motifs is 1. The van der Waals surface area contributed by atoms with Gasteiger partial charge < -0.3 is 19.7 Å². The van der Waals surface area contributed by atoms with Gasteiger partial charge in [-0.15, -0.1) is 11.3 Å². The maximum Gasteiger partial charge on any atom is 0.482 e. The molecule has 3 rings (SSSR count). The van der Waals surface area contributed by atoms with Crippen LogP contribution in [0.2, 0.25) is 0 Å². The number of nitrogens with one attached hydrogen (secondary N) is 1. The van der Waals surface area contributed by atoms with E-state index >= 15 is 0 Å². The van der Waals surface area contributed by atoms with Crippen LogP contribution in [-0.2, 0) is 15.9 Å². The zero-order valence-electron chi connectivity index (χ0n) is 13.5. The third-order valence-corrected chi connectivity index (χ3v) is 4.84. The van der Waals surface area contributed by atoms with Crippen LogP contribution in [0.3, 0.4) is 0 Å². The summed E-state index contributed by atoms with van der Waals surface area (Å²) in [6.07, 6.45) is 0.718. The first-order chi connectivity index (χ1) is 11.7. The molecule has 1 unspecified atom stereocenters. The standard InChI is InChI=1S/C17H20BNO4S/c1-2-14-13-7-3-4-8-15(13)22-11-16(18(21)23-14)19-17(20)10-12-6-5-9-24-12/h3-9,14,16,21H,2,10-11H2,1H3,(H,19,20)/t14?,16-/m0/s1. The van der Waals surface area contributed by atoms with Gasteiger partial charge in [0.05, 0.1) is 18.5 Å². The van der Waals surface area contributed by atoms with Crippen LogP contribution in [0.1, 0.15) is 29.9 Å². The van der Waals surface area contributed by atoms with Gasteiger partial charge in [0, 0.05) is 10.4 Å². The maximum atomic E-state index is 12.2. The van der Waals surface area contributed by atoms with Crippen molar-refractivity contribution < 1.29 is 19.2 Å². The molecule has 1 aromatic carbocycles. The molecule has 5 nitrogen and oxygen atoms in total. The van der Waals surface area contributed by atoms with Crippen molar-refractivity contribution in [1.82, 2.24) is 5.32 Å². The second-order valence-electron chi connectivity index (χ2n) is 5.70. The number of carbonyl (C=O) groups excluding carboxylic acids is 1. The van der Waals surface area contributed by atoms with E-state index in [1.807, 2.05) is 48.7 Å². The van der Waals surface area contributed by atoms with Crippen molar-refractivity contribution in [3.63, 3.8) is 0 Å². The molecule has 7 heteroatoms. The minimum atomic E-state index is -1.12.